The van der Waals surface area contributed by atoms with Crippen LogP contribution in [0, 0.1) is 0 Å². The van der Waals surface area contributed by atoms with E-state index in [-0.39, 0.29) is 25.7 Å². The van der Waals surface area contributed by atoms with Gasteiger partial charge in [0.25, 0.3) is 10.1 Å². The lowest BCUT2D eigenvalue weighted by molar-refractivity contribution is -0.142. The van der Waals surface area contributed by atoms with Crippen LogP contribution in [0.5, 0.6) is 0 Å². The van der Waals surface area contributed by atoms with Gasteiger partial charge in [0.15, 0.2) is 0 Å². The van der Waals surface area contributed by atoms with Crippen molar-refractivity contribution in [3.63, 3.8) is 0 Å². The van der Waals surface area contributed by atoms with Crippen molar-refractivity contribution in [3.8, 4) is 0 Å². The Kier molecular flexibility index (Phi) is 9.75. The zero-order valence-electron chi connectivity index (χ0n) is 15.4. The zero-order valence-corrected chi connectivity index (χ0v) is 16.2. The van der Waals surface area contributed by atoms with Gasteiger partial charge in [-0.15, -0.1) is 0 Å². The van der Waals surface area contributed by atoms with Crippen molar-refractivity contribution in [1.29, 1.82) is 0 Å². The van der Waals surface area contributed by atoms with Gasteiger partial charge in [0, 0.05) is 25.2 Å². The third-order valence-electron chi connectivity index (χ3n) is 4.46. The van der Waals surface area contributed by atoms with E-state index >= 15 is 0 Å². The molecule has 2 atom stereocenters. The minimum Gasteiger partial charge on any atom is -0.480 e. The summed E-state index contributed by atoms with van der Waals surface area (Å²) in [6.07, 6.45) is 2.79. The highest BCUT2D eigenvalue weighted by Crippen LogP contribution is 2.24. The van der Waals surface area contributed by atoms with Gasteiger partial charge in [-0.3, -0.25) is 28.7 Å². The average molecular weight is 425 g/mol. The number of rotatable bonds is 13. The predicted octanol–water partition coefficient (Wildman–Crippen LogP) is -1.41. The maximum Gasteiger partial charge on any atom is 0.317 e. The Hall–Kier alpha value is -1.80. The van der Waals surface area contributed by atoms with Crippen LogP contribution < -0.4 is 5.32 Å². The van der Waals surface area contributed by atoms with Gasteiger partial charge in [0.05, 0.1) is 19.6 Å². The smallest absolute Gasteiger partial charge is 0.317 e. The van der Waals surface area contributed by atoms with Gasteiger partial charge in [0.2, 0.25) is 0 Å². The second kappa shape index (κ2) is 11.3. The molecule has 0 saturated heterocycles. The summed E-state index contributed by atoms with van der Waals surface area (Å²) in [5, 5.41) is 29.6. The molecule has 0 amide bonds. The molecular weight excluding hydrogens is 398 g/mol. The summed E-state index contributed by atoms with van der Waals surface area (Å²) >= 11 is 0. The quantitative estimate of drug-likeness (QED) is 0.217. The second-order valence-corrected chi connectivity index (χ2v) is 8.18. The number of carbonyl (C=O) groups is 3. The summed E-state index contributed by atoms with van der Waals surface area (Å²) in [5.41, 5.74) is 0. The van der Waals surface area contributed by atoms with Gasteiger partial charge in [-0.1, -0.05) is 12.8 Å². The molecule has 0 heterocycles. The van der Waals surface area contributed by atoms with Crippen molar-refractivity contribution >= 4 is 28.0 Å². The third-order valence-corrected chi connectivity index (χ3v) is 5.12. The van der Waals surface area contributed by atoms with Gasteiger partial charge in [-0.2, -0.15) is 8.42 Å². The normalized spacial score (nSPS) is 20.4. The molecule has 1 aliphatic rings. The Labute approximate surface area is 162 Å². The molecule has 0 unspecified atom stereocenters. The van der Waals surface area contributed by atoms with Gasteiger partial charge in [0.1, 0.15) is 5.88 Å². The van der Waals surface area contributed by atoms with E-state index in [4.69, 9.17) is 15.3 Å². The van der Waals surface area contributed by atoms with E-state index in [1.165, 1.54) is 4.90 Å². The summed E-state index contributed by atoms with van der Waals surface area (Å²) < 4.78 is 32.2. The molecule has 0 radical (unpaired) electrons. The van der Waals surface area contributed by atoms with Crippen LogP contribution in [-0.2, 0) is 24.5 Å². The summed E-state index contributed by atoms with van der Waals surface area (Å²) in [5.74, 6) is -4.21. The first-order valence-electron chi connectivity index (χ1n) is 8.78. The number of aliphatic carboxylic acids is 3. The van der Waals surface area contributed by atoms with Crippen molar-refractivity contribution in [2.45, 2.75) is 37.8 Å². The second-order valence-electron chi connectivity index (χ2n) is 6.75. The molecular formula is C15H27N3O9S. The first-order valence-corrected chi connectivity index (χ1v) is 10.4. The summed E-state index contributed by atoms with van der Waals surface area (Å²) in [4.78, 5) is 35.3. The third kappa shape index (κ3) is 9.94. The largest absolute Gasteiger partial charge is 0.480 e. The van der Waals surface area contributed by atoms with Gasteiger partial charge < -0.3 is 20.6 Å². The minimum absolute atomic E-state index is 0.00370. The molecule has 0 aromatic rings. The van der Waals surface area contributed by atoms with Gasteiger partial charge in [-0.25, -0.2) is 0 Å². The lowest BCUT2D eigenvalue weighted by Gasteiger charge is -2.40. The van der Waals surface area contributed by atoms with Crippen molar-refractivity contribution in [2.75, 3.05) is 38.6 Å². The molecule has 0 bridgehead atoms. The van der Waals surface area contributed by atoms with Crippen LogP contribution in [0.4, 0.5) is 0 Å². The molecule has 0 aliphatic heterocycles. The van der Waals surface area contributed by atoms with E-state index in [9.17, 15) is 27.4 Å². The number of nitrogens with one attached hydrogen (secondary N) is 1. The van der Waals surface area contributed by atoms with E-state index < -0.39 is 53.0 Å². The Morgan fingerprint density at radius 2 is 1.50 bits per heavy atom. The standard InChI is InChI=1S/C15H27N3O9S/c19-13(20)7-16-11-3-1-2-4-12(11)18(10-28(25,26)27)6-5-17(8-14(21)22)9-15(23)24/h11-12,16H,1-10H2,(H,19,20)(H,21,22)(H,23,24)(H,25,26,27)/t11-,12-/m1/s1. The van der Waals surface area contributed by atoms with Crippen LogP contribution in [0.25, 0.3) is 0 Å². The molecule has 5 N–H and O–H groups in total. The molecule has 1 saturated carbocycles. The van der Waals surface area contributed by atoms with E-state index in [2.05, 4.69) is 5.32 Å². The average Bonchev–Trinajstić information content (AvgIpc) is 2.54. The minimum atomic E-state index is -4.39. The van der Waals surface area contributed by atoms with Crippen molar-refractivity contribution in [1.82, 2.24) is 15.1 Å². The molecule has 0 spiro atoms. The van der Waals surface area contributed by atoms with Crippen LogP contribution in [-0.4, -0.2) is 107 Å². The highest BCUT2D eigenvalue weighted by Gasteiger charge is 2.32. The van der Waals surface area contributed by atoms with Gasteiger partial charge in [-0.05, 0) is 12.8 Å². The maximum absolute atomic E-state index is 11.5. The fourth-order valence-corrected chi connectivity index (χ4v) is 4.15. The van der Waals surface area contributed by atoms with Crippen molar-refractivity contribution < 1.29 is 42.7 Å². The van der Waals surface area contributed by atoms with Crippen LogP contribution in [0.1, 0.15) is 25.7 Å². The maximum atomic E-state index is 11.5. The molecule has 162 valence electrons. The lowest BCUT2D eigenvalue weighted by atomic mass is 9.89. The van der Waals surface area contributed by atoms with E-state index in [0.717, 1.165) is 17.7 Å². The number of carboxylic acids is 3. The first kappa shape index (κ1) is 24.2. The Bertz CT molecular complexity index is 639. The number of hydrogen-bond donors (Lipinski definition) is 5. The highest BCUT2D eigenvalue weighted by atomic mass is 32.2. The molecule has 0 aromatic heterocycles. The summed E-state index contributed by atoms with van der Waals surface area (Å²) in [6, 6.07) is -0.717. The topological polar surface area (TPSA) is 185 Å². The molecule has 13 heteroatoms. The fourth-order valence-electron chi connectivity index (χ4n) is 3.41. The molecule has 0 aromatic carbocycles. The van der Waals surface area contributed by atoms with Crippen LogP contribution in [0.3, 0.4) is 0 Å². The summed E-state index contributed by atoms with van der Waals surface area (Å²) in [6.45, 7) is -1.41. The van der Waals surface area contributed by atoms with Crippen LogP contribution in [0.2, 0.25) is 0 Å². The molecule has 28 heavy (non-hydrogen) atoms. The molecule has 1 aliphatic carbocycles. The van der Waals surface area contributed by atoms with E-state index in [1.807, 2.05) is 0 Å². The lowest BCUT2D eigenvalue weighted by Crippen LogP contribution is -2.55. The number of nitrogens with zero attached hydrogens (tertiary/aromatic N) is 2. The van der Waals surface area contributed by atoms with Crippen molar-refractivity contribution in [3.05, 3.63) is 0 Å². The van der Waals surface area contributed by atoms with Gasteiger partial charge >= 0.3 is 17.9 Å². The SMILES string of the molecule is O=C(O)CN[C@@H]1CCCC[C@H]1N(CCN(CC(=O)O)CC(=O)O)CS(=O)(=O)O. The first-order chi connectivity index (χ1) is 13.0. The Morgan fingerprint density at radius 1 is 0.929 bits per heavy atom. The molecule has 12 nitrogen and oxygen atoms in total. The van der Waals surface area contributed by atoms with E-state index in [0.29, 0.717) is 12.8 Å². The monoisotopic (exact) mass is 425 g/mol. The van der Waals surface area contributed by atoms with E-state index in [1.54, 1.807) is 0 Å². The molecule has 1 fully saturated rings. The van der Waals surface area contributed by atoms with Crippen molar-refractivity contribution in [2.24, 2.45) is 0 Å². The fraction of sp³-hybridized carbons (Fsp3) is 0.800. The Balaban J connectivity index is 2.91. The molecule has 1 rings (SSSR count). The predicted molar refractivity (Wildman–Crippen MR) is 96.5 cm³/mol. The Morgan fingerprint density at radius 3 is 2.00 bits per heavy atom. The number of carboxylic acid groups (broad SMARTS) is 3. The van der Waals surface area contributed by atoms with Crippen LogP contribution >= 0.6 is 0 Å². The summed E-state index contributed by atoms with van der Waals surface area (Å²) in [7, 11) is -4.39. The number of hydrogen-bond acceptors (Lipinski definition) is 8. The zero-order chi connectivity index (χ0) is 21.3. The highest BCUT2D eigenvalue weighted by molar-refractivity contribution is 7.85. The van der Waals surface area contributed by atoms with Crippen LogP contribution in [0.15, 0.2) is 0 Å².